The quantitative estimate of drug-likeness (QED) is 0.757. The van der Waals surface area contributed by atoms with Crippen molar-refractivity contribution >= 4 is 39.0 Å². The minimum atomic E-state index is -2.36. The summed E-state index contributed by atoms with van der Waals surface area (Å²) in [4.78, 5) is 1.23. The maximum absolute atomic E-state index is 12.0. The van der Waals surface area contributed by atoms with E-state index in [1.54, 1.807) is 17.4 Å². The lowest BCUT2D eigenvalue weighted by Gasteiger charge is -2.00. The Morgan fingerprint density at radius 3 is 2.68 bits per heavy atom. The van der Waals surface area contributed by atoms with E-state index in [2.05, 4.69) is 27.3 Å². The molecule has 0 amide bonds. The largest absolute Gasteiger partial charge is 0.464 e. The van der Waals surface area contributed by atoms with E-state index >= 15 is 0 Å². The van der Waals surface area contributed by atoms with Gasteiger partial charge in [0.2, 0.25) is 0 Å². The van der Waals surface area contributed by atoms with Crippen LogP contribution in [0.25, 0.3) is 0 Å². The molecule has 0 aliphatic heterocycles. The van der Waals surface area contributed by atoms with Crippen LogP contribution in [0.5, 0.6) is 0 Å². The van der Waals surface area contributed by atoms with Crippen molar-refractivity contribution in [1.29, 1.82) is 0 Å². The number of nitrogens with one attached hydrogen (secondary N) is 1. The Morgan fingerprint density at radius 2 is 2.00 bits per heavy atom. The Balaban J connectivity index is 1.74. The first-order chi connectivity index (χ1) is 9.13. The van der Waals surface area contributed by atoms with Crippen LogP contribution >= 0.6 is 39.0 Å². The summed E-state index contributed by atoms with van der Waals surface area (Å²) < 4.78 is 30.6. The van der Waals surface area contributed by atoms with Gasteiger partial charge in [-0.25, -0.2) is 0 Å². The molecule has 104 valence electrons. The van der Waals surface area contributed by atoms with Gasteiger partial charge in [-0.2, -0.15) is 8.78 Å². The van der Waals surface area contributed by atoms with Crippen LogP contribution in [0.3, 0.4) is 0 Å². The highest BCUT2D eigenvalue weighted by Crippen LogP contribution is 2.22. The highest BCUT2D eigenvalue weighted by atomic mass is 79.9. The third-order valence-electron chi connectivity index (χ3n) is 2.30. The first-order valence-electron chi connectivity index (χ1n) is 5.56. The Labute approximate surface area is 126 Å². The van der Waals surface area contributed by atoms with E-state index in [4.69, 9.17) is 4.42 Å². The highest BCUT2D eigenvalue weighted by Gasteiger charge is 2.07. The van der Waals surface area contributed by atoms with Gasteiger partial charge in [0.15, 0.2) is 0 Å². The van der Waals surface area contributed by atoms with Crippen molar-refractivity contribution in [3.63, 3.8) is 0 Å². The van der Waals surface area contributed by atoms with E-state index in [9.17, 15) is 8.78 Å². The van der Waals surface area contributed by atoms with Crippen LogP contribution in [0.2, 0.25) is 0 Å². The van der Waals surface area contributed by atoms with Crippen molar-refractivity contribution in [3.8, 4) is 0 Å². The third kappa shape index (κ3) is 5.25. The first kappa shape index (κ1) is 15.0. The summed E-state index contributed by atoms with van der Waals surface area (Å²) >= 11 is 5.66. The third-order valence-corrected chi connectivity index (χ3v) is 4.62. The fourth-order valence-corrected chi connectivity index (χ4v) is 3.39. The Hall–Kier alpha value is -0.370. The number of thioether (sulfide) groups is 1. The average molecular weight is 368 g/mol. The van der Waals surface area contributed by atoms with Crippen LogP contribution in [0.15, 0.2) is 32.5 Å². The monoisotopic (exact) mass is 367 g/mol. The standard InChI is InChI=1S/C12H12BrF2NOS2/c13-11-4-3-10(19-11)6-16-5-8-1-2-9(17-8)7-18-12(14)15/h1-4,12,16H,5-7H2. The summed E-state index contributed by atoms with van der Waals surface area (Å²) in [6.07, 6.45) is 0. The number of thiophene rings is 1. The average Bonchev–Trinajstić information content (AvgIpc) is 2.96. The van der Waals surface area contributed by atoms with E-state index in [0.29, 0.717) is 24.1 Å². The number of halogens is 3. The molecule has 7 heteroatoms. The number of rotatable bonds is 7. The summed E-state index contributed by atoms with van der Waals surface area (Å²) in [5.74, 6) is -0.805. The summed E-state index contributed by atoms with van der Waals surface area (Å²) in [7, 11) is 0. The van der Waals surface area contributed by atoms with E-state index < -0.39 is 5.76 Å². The molecule has 0 radical (unpaired) electrons. The van der Waals surface area contributed by atoms with Crippen LogP contribution in [-0.4, -0.2) is 5.76 Å². The molecule has 0 bridgehead atoms. The Kier molecular flexibility index (Phi) is 5.87. The van der Waals surface area contributed by atoms with E-state index in [1.807, 2.05) is 12.1 Å². The summed E-state index contributed by atoms with van der Waals surface area (Å²) in [6, 6.07) is 7.62. The molecule has 0 saturated heterocycles. The number of alkyl halides is 2. The van der Waals surface area contributed by atoms with E-state index in [1.165, 1.54) is 4.88 Å². The zero-order valence-corrected chi connectivity index (χ0v) is 13.1. The molecule has 0 fully saturated rings. The van der Waals surface area contributed by atoms with Gasteiger partial charge in [0, 0.05) is 11.4 Å². The van der Waals surface area contributed by atoms with Gasteiger partial charge in [0.25, 0.3) is 5.76 Å². The lowest BCUT2D eigenvalue weighted by Crippen LogP contribution is -2.10. The van der Waals surface area contributed by atoms with Gasteiger partial charge in [0.1, 0.15) is 11.5 Å². The zero-order valence-electron chi connectivity index (χ0n) is 9.87. The van der Waals surface area contributed by atoms with Crippen LogP contribution in [0.4, 0.5) is 8.78 Å². The number of hydrogen-bond donors (Lipinski definition) is 1. The molecule has 0 aliphatic rings. The molecule has 0 saturated carbocycles. The summed E-state index contributed by atoms with van der Waals surface area (Å²) in [5, 5.41) is 3.25. The number of hydrogen-bond acceptors (Lipinski definition) is 4. The van der Waals surface area contributed by atoms with Crippen molar-refractivity contribution < 1.29 is 13.2 Å². The van der Waals surface area contributed by atoms with Gasteiger partial charge in [-0.3, -0.25) is 0 Å². The van der Waals surface area contributed by atoms with Gasteiger partial charge in [-0.1, -0.05) is 11.8 Å². The predicted molar refractivity (Wildman–Crippen MR) is 78.6 cm³/mol. The highest BCUT2D eigenvalue weighted by molar-refractivity contribution is 9.11. The fourth-order valence-electron chi connectivity index (χ4n) is 1.50. The van der Waals surface area contributed by atoms with Gasteiger partial charge in [-0.05, 0) is 40.2 Å². The molecule has 0 aliphatic carbocycles. The van der Waals surface area contributed by atoms with Crippen LogP contribution in [0.1, 0.15) is 16.4 Å². The molecule has 0 atom stereocenters. The van der Waals surface area contributed by atoms with Crippen molar-refractivity contribution in [2.75, 3.05) is 0 Å². The lowest BCUT2D eigenvalue weighted by molar-refractivity contribution is 0.251. The molecule has 2 aromatic rings. The first-order valence-corrected chi connectivity index (χ1v) is 8.21. The topological polar surface area (TPSA) is 25.2 Å². The summed E-state index contributed by atoms with van der Waals surface area (Å²) in [5.41, 5.74) is 0. The maximum atomic E-state index is 12.0. The van der Waals surface area contributed by atoms with Crippen molar-refractivity contribution in [2.24, 2.45) is 0 Å². The molecule has 0 unspecified atom stereocenters. The molecule has 2 aromatic heterocycles. The molecular formula is C12H12BrF2NOS2. The molecule has 0 aromatic carbocycles. The SMILES string of the molecule is FC(F)SCc1ccc(CNCc2ccc(Br)s2)o1. The Morgan fingerprint density at radius 1 is 1.21 bits per heavy atom. The molecule has 2 heterocycles. The van der Waals surface area contributed by atoms with Crippen LogP contribution in [-0.2, 0) is 18.8 Å². The smallest absolute Gasteiger partial charge is 0.284 e. The predicted octanol–water partition coefficient (Wildman–Crippen LogP) is 4.85. The van der Waals surface area contributed by atoms with Gasteiger partial charge in [0.05, 0.1) is 16.1 Å². The maximum Gasteiger partial charge on any atom is 0.284 e. The molecule has 1 N–H and O–H groups in total. The van der Waals surface area contributed by atoms with Gasteiger partial charge >= 0.3 is 0 Å². The molecule has 2 nitrogen and oxygen atoms in total. The van der Waals surface area contributed by atoms with Crippen molar-refractivity contribution in [3.05, 3.63) is 44.4 Å². The summed E-state index contributed by atoms with van der Waals surface area (Å²) in [6.45, 7) is 1.35. The fraction of sp³-hybridized carbons (Fsp3) is 0.333. The van der Waals surface area contributed by atoms with Crippen molar-refractivity contribution in [2.45, 2.75) is 24.6 Å². The second-order valence-electron chi connectivity index (χ2n) is 3.75. The van der Waals surface area contributed by atoms with Crippen LogP contribution in [0, 0.1) is 0 Å². The molecule has 0 spiro atoms. The van der Waals surface area contributed by atoms with Crippen molar-refractivity contribution in [1.82, 2.24) is 5.32 Å². The minimum absolute atomic E-state index is 0.204. The molecular weight excluding hydrogens is 356 g/mol. The number of furan rings is 1. The second-order valence-corrected chi connectivity index (χ2v) is 7.27. The van der Waals surface area contributed by atoms with Gasteiger partial charge < -0.3 is 9.73 Å². The van der Waals surface area contributed by atoms with E-state index in [-0.39, 0.29) is 5.75 Å². The Bertz CT molecular complexity index is 515. The molecule has 19 heavy (non-hydrogen) atoms. The minimum Gasteiger partial charge on any atom is -0.464 e. The van der Waals surface area contributed by atoms with Crippen LogP contribution < -0.4 is 5.32 Å². The normalized spacial score (nSPS) is 11.4. The second kappa shape index (κ2) is 7.42. The van der Waals surface area contributed by atoms with Gasteiger partial charge in [-0.15, -0.1) is 11.3 Å². The van der Waals surface area contributed by atoms with E-state index in [0.717, 1.165) is 16.1 Å². The lowest BCUT2D eigenvalue weighted by atomic mass is 10.4. The zero-order chi connectivity index (χ0) is 13.7. The molecule has 2 rings (SSSR count).